The van der Waals surface area contributed by atoms with Crippen LogP contribution in [0.1, 0.15) is 25.0 Å². The molecule has 2 heterocycles. The minimum Gasteiger partial charge on any atom is -0.404 e. The molecule has 1 aliphatic heterocycles. The number of pyridine rings is 1. The van der Waals surface area contributed by atoms with Gasteiger partial charge in [-0.1, -0.05) is 6.42 Å². The summed E-state index contributed by atoms with van der Waals surface area (Å²) in [6.07, 6.45) is 8.08. The number of hydrogen-bond acceptors (Lipinski definition) is 4. The maximum absolute atomic E-state index is 12.8. The molecule has 0 saturated carbocycles. The normalized spacial score (nSPS) is 21.5. The molecule has 1 atom stereocenters. The van der Waals surface area contributed by atoms with Crippen LogP contribution in [0.15, 0.2) is 29.5 Å². The third-order valence-corrected chi connectivity index (χ3v) is 3.67. The maximum Gasteiger partial charge on any atom is 0.141 e. The Morgan fingerprint density at radius 2 is 2.40 bits per heavy atom. The first-order valence-electron chi connectivity index (χ1n) is 6.94. The average Bonchev–Trinajstić information content (AvgIpc) is 2.47. The van der Waals surface area contributed by atoms with Crippen LogP contribution in [0.4, 0.5) is 4.39 Å². The molecule has 0 aromatic carbocycles. The second-order valence-corrected chi connectivity index (χ2v) is 5.11. The van der Waals surface area contributed by atoms with Crippen molar-refractivity contribution < 1.29 is 4.39 Å². The van der Waals surface area contributed by atoms with Crippen molar-refractivity contribution in [2.45, 2.75) is 25.3 Å². The molecule has 20 heavy (non-hydrogen) atoms. The fourth-order valence-electron chi connectivity index (χ4n) is 2.39. The van der Waals surface area contributed by atoms with Gasteiger partial charge in [0.2, 0.25) is 0 Å². The van der Waals surface area contributed by atoms with E-state index in [1.165, 1.54) is 37.7 Å². The van der Waals surface area contributed by atoms with Crippen molar-refractivity contribution in [1.29, 1.82) is 0 Å². The molecular weight excluding hydrogens is 255 g/mol. The van der Waals surface area contributed by atoms with Crippen molar-refractivity contribution >= 4 is 11.8 Å². The molecule has 1 unspecified atom stereocenters. The van der Waals surface area contributed by atoms with E-state index < -0.39 is 0 Å². The Labute approximate surface area is 119 Å². The lowest BCUT2D eigenvalue weighted by Gasteiger charge is -2.31. The van der Waals surface area contributed by atoms with Gasteiger partial charge in [0, 0.05) is 24.0 Å². The van der Waals surface area contributed by atoms with Crippen LogP contribution in [0, 0.1) is 5.82 Å². The van der Waals surface area contributed by atoms with E-state index in [2.05, 4.69) is 21.9 Å². The van der Waals surface area contributed by atoms with E-state index in [0.717, 1.165) is 13.1 Å². The largest absolute Gasteiger partial charge is 0.404 e. The Kier molecular flexibility index (Phi) is 5.24. The van der Waals surface area contributed by atoms with Gasteiger partial charge in [-0.15, -0.1) is 0 Å². The van der Waals surface area contributed by atoms with Gasteiger partial charge >= 0.3 is 0 Å². The zero-order valence-corrected chi connectivity index (χ0v) is 11.8. The zero-order valence-electron chi connectivity index (χ0n) is 11.8. The van der Waals surface area contributed by atoms with Gasteiger partial charge in [-0.2, -0.15) is 0 Å². The van der Waals surface area contributed by atoms with Gasteiger partial charge in [0.1, 0.15) is 5.82 Å². The summed E-state index contributed by atoms with van der Waals surface area (Å²) in [5.41, 5.74) is 6.94. The van der Waals surface area contributed by atoms with Crippen LogP contribution in [0.25, 0.3) is 5.57 Å². The van der Waals surface area contributed by atoms with Crippen molar-refractivity contribution in [3.05, 3.63) is 36.0 Å². The summed E-state index contributed by atoms with van der Waals surface area (Å²) in [4.78, 5) is 10.8. The summed E-state index contributed by atoms with van der Waals surface area (Å²) in [5, 5.41) is 0. The molecule has 5 heteroatoms. The van der Waals surface area contributed by atoms with Crippen molar-refractivity contribution in [1.82, 2.24) is 9.88 Å². The Balaban J connectivity index is 1.96. The lowest BCUT2D eigenvalue weighted by molar-refractivity contribution is 0.191. The predicted octanol–water partition coefficient (Wildman–Crippen LogP) is 2.08. The molecule has 4 nitrogen and oxygen atoms in total. The Morgan fingerprint density at radius 3 is 3.05 bits per heavy atom. The fraction of sp³-hybridized carbons (Fsp3) is 0.467. The van der Waals surface area contributed by atoms with Crippen LogP contribution in [0.5, 0.6) is 0 Å². The minimum absolute atomic E-state index is 0.356. The smallest absolute Gasteiger partial charge is 0.141 e. The molecule has 1 saturated heterocycles. The second-order valence-electron chi connectivity index (χ2n) is 5.11. The molecule has 1 aliphatic rings. The van der Waals surface area contributed by atoms with Crippen LogP contribution in [0.3, 0.4) is 0 Å². The van der Waals surface area contributed by atoms with Crippen molar-refractivity contribution in [3.63, 3.8) is 0 Å². The predicted molar refractivity (Wildman–Crippen MR) is 80.0 cm³/mol. The number of aromatic nitrogens is 1. The van der Waals surface area contributed by atoms with Crippen LogP contribution in [0.2, 0.25) is 0 Å². The van der Waals surface area contributed by atoms with Gasteiger partial charge in [-0.3, -0.25) is 9.98 Å². The number of rotatable bonds is 4. The summed E-state index contributed by atoms with van der Waals surface area (Å²) in [7, 11) is 2.14. The average molecular weight is 276 g/mol. The van der Waals surface area contributed by atoms with Gasteiger partial charge in [-0.05, 0) is 38.6 Å². The zero-order chi connectivity index (χ0) is 14.4. The highest BCUT2D eigenvalue weighted by Gasteiger charge is 2.17. The van der Waals surface area contributed by atoms with Crippen LogP contribution >= 0.6 is 0 Å². The number of nitrogens with zero attached hydrogens (tertiary/aromatic N) is 3. The molecule has 2 N–H and O–H groups in total. The van der Waals surface area contributed by atoms with Gasteiger partial charge in [0.05, 0.1) is 18.4 Å². The molecule has 2 rings (SSSR count). The summed E-state index contributed by atoms with van der Waals surface area (Å²) in [5.74, 6) is -0.356. The standard InChI is InChI=1S/C15H21FN4/c1-20-7-3-2-4-14(20)11-18-9-12(8-17)15-6-5-13(16)10-19-15/h5-6,8-10,14H,2-4,7,11,17H2,1H3/b12-8+,18-9?. The Bertz CT molecular complexity index is 481. The lowest BCUT2D eigenvalue weighted by atomic mass is 10.0. The van der Waals surface area contributed by atoms with Gasteiger partial charge in [-0.25, -0.2) is 4.39 Å². The van der Waals surface area contributed by atoms with Crippen molar-refractivity contribution in [2.24, 2.45) is 10.7 Å². The maximum atomic E-state index is 12.8. The van der Waals surface area contributed by atoms with Gasteiger partial charge < -0.3 is 10.6 Å². The van der Waals surface area contributed by atoms with E-state index in [-0.39, 0.29) is 5.82 Å². The van der Waals surface area contributed by atoms with Crippen LogP contribution in [-0.4, -0.2) is 42.3 Å². The summed E-state index contributed by atoms with van der Waals surface area (Å²) in [6.45, 7) is 1.90. The molecule has 1 fully saturated rings. The summed E-state index contributed by atoms with van der Waals surface area (Å²) in [6, 6.07) is 3.47. The number of allylic oxidation sites excluding steroid dienone is 1. The fourth-order valence-corrected chi connectivity index (χ4v) is 2.39. The number of piperidine rings is 1. The number of likely N-dealkylation sites (tertiary alicyclic amines) is 1. The van der Waals surface area contributed by atoms with Gasteiger partial charge in [0.15, 0.2) is 0 Å². The molecule has 0 aliphatic carbocycles. The summed E-state index contributed by atoms with van der Waals surface area (Å²) < 4.78 is 12.8. The van der Waals surface area contributed by atoms with E-state index in [0.29, 0.717) is 17.3 Å². The van der Waals surface area contributed by atoms with E-state index in [4.69, 9.17) is 5.73 Å². The first-order valence-corrected chi connectivity index (χ1v) is 6.94. The van der Waals surface area contributed by atoms with E-state index in [1.54, 1.807) is 12.3 Å². The van der Waals surface area contributed by atoms with Crippen molar-refractivity contribution in [3.8, 4) is 0 Å². The van der Waals surface area contributed by atoms with E-state index in [9.17, 15) is 4.39 Å². The minimum atomic E-state index is -0.356. The molecule has 0 radical (unpaired) electrons. The molecular formula is C15H21FN4. The highest BCUT2D eigenvalue weighted by Crippen LogP contribution is 2.15. The highest BCUT2D eigenvalue weighted by molar-refractivity contribution is 6.08. The molecule has 1 aromatic rings. The monoisotopic (exact) mass is 276 g/mol. The Hall–Kier alpha value is -1.75. The lowest BCUT2D eigenvalue weighted by Crippen LogP contribution is -2.38. The van der Waals surface area contributed by atoms with E-state index in [1.807, 2.05) is 0 Å². The number of aliphatic imine (C=N–C) groups is 1. The number of hydrogen-bond donors (Lipinski definition) is 1. The first kappa shape index (κ1) is 14.7. The molecule has 0 bridgehead atoms. The third kappa shape index (κ3) is 3.87. The van der Waals surface area contributed by atoms with E-state index >= 15 is 0 Å². The molecule has 0 spiro atoms. The number of halogens is 1. The number of nitrogens with two attached hydrogens (primary N) is 1. The topological polar surface area (TPSA) is 54.5 Å². The summed E-state index contributed by atoms with van der Waals surface area (Å²) >= 11 is 0. The van der Waals surface area contributed by atoms with Gasteiger partial charge in [0.25, 0.3) is 0 Å². The third-order valence-electron chi connectivity index (χ3n) is 3.67. The van der Waals surface area contributed by atoms with Crippen molar-refractivity contribution in [2.75, 3.05) is 20.1 Å². The highest BCUT2D eigenvalue weighted by atomic mass is 19.1. The van der Waals surface area contributed by atoms with Crippen LogP contribution < -0.4 is 5.73 Å². The Morgan fingerprint density at radius 1 is 1.55 bits per heavy atom. The quantitative estimate of drug-likeness (QED) is 0.857. The SMILES string of the molecule is CN1CCCCC1CN=C/C(=C\N)c1ccc(F)cn1. The molecule has 1 aromatic heterocycles. The molecule has 108 valence electrons. The second kappa shape index (κ2) is 7.14. The number of likely N-dealkylation sites (N-methyl/N-ethyl adjacent to an activating group) is 1. The molecule has 0 amide bonds. The first-order chi connectivity index (χ1) is 9.70. The van der Waals surface area contributed by atoms with Crippen LogP contribution in [-0.2, 0) is 0 Å².